The molecule has 0 spiro atoms. The third-order valence-electron chi connectivity index (χ3n) is 8.78. The molecule has 45 heavy (non-hydrogen) atoms. The molecule has 0 aromatic heterocycles. The van der Waals surface area contributed by atoms with E-state index >= 15 is 0 Å². The summed E-state index contributed by atoms with van der Waals surface area (Å²) < 4.78 is 0. The highest BCUT2D eigenvalue weighted by molar-refractivity contribution is 6.84. The van der Waals surface area contributed by atoms with E-state index in [0.717, 1.165) is 36.0 Å². The van der Waals surface area contributed by atoms with Gasteiger partial charge in [-0.1, -0.05) is 94.9 Å². The first kappa shape index (κ1) is 29.9. The Morgan fingerprint density at radius 3 is 0.911 bits per heavy atom. The monoisotopic (exact) mass is 630 g/mol. The van der Waals surface area contributed by atoms with Gasteiger partial charge in [-0.15, -0.1) is 16.6 Å². The Kier molecular flexibility index (Phi) is 6.89. The molecular formula is C42H42Si3. The van der Waals surface area contributed by atoms with Crippen LogP contribution in [0.15, 0.2) is 54.6 Å². The van der Waals surface area contributed by atoms with E-state index < -0.39 is 24.2 Å². The highest BCUT2D eigenvalue weighted by Gasteiger charge is 2.37. The second-order valence-electron chi connectivity index (χ2n) is 16.2. The number of benzene rings is 4. The fourth-order valence-electron chi connectivity index (χ4n) is 6.96. The van der Waals surface area contributed by atoms with Gasteiger partial charge in [-0.25, -0.2) is 0 Å². The fourth-order valence-corrected chi connectivity index (χ4v) is 8.52. The van der Waals surface area contributed by atoms with Crippen molar-refractivity contribution in [1.29, 1.82) is 0 Å². The van der Waals surface area contributed by atoms with Crippen molar-refractivity contribution in [2.75, 3.05) is 0 Å². The predicted molar refractivity (Wildman–Crippen MR) is 202 cm³/mol. The van der Waals surface area contributed by atoms with E-state index in [-0.39, 0.29) is 0 Å². The van der Waals surface area contributed by atoms with Crippen molar-refractivity contribution in [3.05, 3.63) is 105 Å². The van der Waals surface area contributed by atoms with Gasteiger partial charge in [0.15, 0.2) is 0 Å². The molecule has 4 aromatic rings. The van der Waals surface area contributed by atoms with Crippen molar-refractivity contribution in [3.63, 3.8) is 0 Å². The summed E-state index contributed by atoms with van der Waals surface area (Å²) in [6.45, 7) is 20.8. The normalized spacial score (nSPS) is 13.5. The SMILES string of the molecule is C[Si](C)(C)C#Cc1ccc2c(c1)Cc1c-2c2c(c3c1-c1ccc(C#C[Si](C)(C)C)cc1C3)-c1ccc(C#C[Si](C)(C)C)cc1C2. The Morgan fingerprint density at radius 1 is 0.400 bits per heavy atom. The minimum Gasteiger partial charge on any atom is -0.127 e. The van der Waals surface area contributed by atoms with E-state index in [1.54, 1.807) is 0 Å². The van der Waals surface area contributed by atoms with Crippen LogP contribution >= 0.6 is 0 Å². The van der Waals surface area contributed by atoms with Gasteiger partial charge in [0.2, 0.25) is 0 Å². The highest BCUT2D eigenvalue weighted by Crippen LogP contribution is 2.56. The number of hydrogen-bond acceptors (Lipinski definition) is 0. The second-order valence-corrected chi connectivity index (χ2v) is 30.5. The summed E-state index contributed by atoms with van der Waals surface area (Å²) in [5.41, 5.74) is 31.6. The van der Waals surface area contributed by atoms with Crippen LogP contribution in [-0.2, 0) is 19.3 Å². The Labute approximate surface area is 273 Å². The molecule has 7 rings (SSSR count). The van der Waals surface area contributed by atoms with Gasteiger partial charge in [-0.3, -0.25) is 0 Å². The van der Waals surface area contributed by atoms with Crippen LogP contribution in [0.5, 0.6) is 0 Å². The van der Waals surface area contributed by atoms with Crippen molar-refractivity contribution in [2.45, 2.75) is 78.2 Å². The summed E-state index contributed by atoms with van der Waals surface area (Å²) in [5, 5.41) is 0. The van der Waals surface area contributed by atoms with E-state index in [1.807, 2.05) is 0 Å². The van der Waals surface area contributed by atoms with Crippen LogP contribution in [-0.4, -0.2) is 24.2 Å². The topological polar surface area (TPSA) is 0 Å². The van der Waals surface area contributed by atoms with Crippen LogP contribution in [0.4, 0.5) is 0 Å². The van der Waals surface area contributed by atoms with Crippen LogP contribution in [0.25, 0.3) is 33.4 Å². The molecule has 0 nitrogen and oxygen atoms in total. The Balaban J connectivity index is 1.41. The average molecular weight is 631 g/mol. The van der Waals surface area contributed by atoms with Crippen molar-refractivity contribution >= 4 is 24.2 Å². The van der Waals surface area contributed by atoms with Gasteiger partial charge >= 0.3 is 0 Å². The van der Waals surface area contributed by atoms with E-state index in [2.05, 4.69) is 148 Å². The average Bonchev–Trinajstić information content (AvgIpc) is 3.62. The zero-order valence-corrected chi connectivity index (χ0v) is 31.3. The third kappa shape index (κ3) is 5.73. The molecular weight excluding hydrogens is 589 g/mol. The minimum absolute atomic E-state index is 0.975. The van der Waals surface area contributed by atoms with Gasteiger partial charge in [-0.2, -0.15) is 0 Å². The van der Waals surface area contributed by atoms with Crippen molar-refractivity contribution in [3.8, 4) is 67.8 Å². The summed E-state index contributed by atoms with van der Waals surface area (Å²) in [5.74, 6) is 10.6. The molecule has 0 unspecified atom stereocenters. The lowest BCUT2D eigenvalue weighted by atomic mass is 9.86. The first-order chi connectivity index (χ1) is 21.1. The maximum Gasteiger partial charge on any atom is 0.129 e. The Hall–Kier alpha value is -3.79. The summed E-state index contributed by atoms with van der Waals surface area (Å²) in [7, 11) is -4.36. The number of rotatable bonds is 0. The van der Waals surface area contributed by atoms with Crippen LogP contribution < -0.4 is 0 Å². The lowest BCUT2D eigenvalue weighted by Crippen LogP contribution is -2.16. The molecule has 0 aliphatic heterocycles. The molecule has 0 saturated carbocycles. The van der Waals surface area contributed by atoms with Crippen molar-refractivity contribution in [2.24, 2.45) is 0 Å². The molecule has 3 aliphatic carbocycles. The molecule has 3 heteroatoms. The summed E-state index contributed by atoms with van der Waals surface area (Å²) >= 11 is 0. The minimum atomic E-state index is -1.45. The first-order valence-corrected chi connectivity index (χ1v) is 26.8. The molecule has 4 aromatic carbocycles. The van der Waals surface area contributed by atoms with Gasteiger partial charge in [-0.05, 0) is 122 Å². The molecule has 0 heterocycles. The van der Waals surface area contributed by atoms with Crippen molar-refractivity contribution in [1.82, 2.24) is 0 Å². The smallest absolute Gasteiger partial charge is 0.127 e. The van der Waals surface area contributed by atoms with Gasteiger partial charge in [0.05, 0.1) is 0 Å². The number of fused-ring (bicyclic) bond motifs is 12. The van der Waals surface area contributed by atoms with E-state index in [9.17, 15) is 0 Å². The highest BCUT2D eigenvalue weighted by atomic mass is 28.3. The molecule has 0 bridgehead atoms. The van der Waals surface area contributed by atoms with E-state index in [4.69, 9.17) is 0 Å². The van der Waals surface area contributed by atoms with E-state index in [0.29, 0.717) is 0 Å². The molecule has 0 atom stereocenters. The molecule has 0 amide bonds. The third-order valence-corrected chi connectivity index (χ3v) is 11.4. The molecule has 0 fully saturated rings. The molecule has 3 aliphatic rings. The Bertz CT molecular complexity index is 1870. The van der Waals surface area contributed by atoms with Crippen LogP contribution in [0, 0.1) is 34.4 Å². The van der Waals surface area contributed by atoms with Crippen LogP contribution in [0.1, 0.15) is 50.1 Å². The van der Waals surface area contributed by atoms with Gasteiger partial charge in [0.1, 0.15) is 24.2 Å². The van der Waals surface area contributed by atoms with Gasteiger partial charge in [0, 0.05) is 16.7 Å². The number of hydrogen-bond donors (Lipinski definition) is 0. The first-order valence-electron chi connectivity index (χ1n) is 16.3. The van der Waals surface area contributed by atoms with Gasteiger partial charge in [0.25, 0.3) is 0 Å². The predicted octanol–water partition coefficient (Wildman–Crippen LogP) is 10.1. The van der Waals surface area contributed by atoms with Crippen molar-refractivity contribution < 1.29 is 0 Å². The maximum atomic E-state index is 3.58. The molecule has 222 valence electrons. The lowest BCUT2D eigenvalue weighted by molar-refractivity contribution is 1.21. The van der Waals surface area contributed by atoms with E-state index in [1.165, 1.54) is 66.8 Å². The zero-order valence-electron chi connectivity index (χ0n) is 28.3. The molecule has 0 radical (unpaired) electrons. The summed E-state index contributed by atoms with van der Waals surface area (Å²) in [6.07, 6.45) is 2.92. The summed E-state index contributed by atoms with van der Waals surface area (Å²) in [4.78, 5) is 0. The molecule has 0 saturated heterocycles. The quantitative estimate of drug-likeness (QED) is 0.116. The fraction of sp³-hybridized carbons (Fsp3) is 0.286. The molecule has 0 N–H and O–H groups in total. The lowest BCUT2D eigenvalue weighted by Gasteiger charge is -2.17. The Morgan fingerprint density at radius 2 is 0.667 bits per heavy atom. The van der Waals surface area contributed by atoms with Gasteiger partial charge < -0.3 is 0 Å². The standard InChI is InChI=1S/C42H42Si3/c1-43(2,3)19-16-28-10-13-34-31(22-28)25-37-40(34)38-26-32-23-30(18-21-45(7,8)9)12-15-36(32)42(38)39-27-33-24-29(17-20-44(4,5)6)11-14-35(33)41(37)39/h10-15,22-24H,25-27H2,1-9H3. The largest absolute Gasteiger partial charge is 0.129 e. The second kappa shape index (κ2) is 10.4. The van der Waals surface area contributed by atoms with Crippen LogP contribution in [0.2, 0.25) is 58.9 Å². The maximum absolute atomic E-state index is 3.58. The van der Waals surface area contributed by atoms with Crippen LogP contribution in [0.3, 0.4) is 0 Å². The summed E-state index contributed by atoms with van der Waals surface area (Å²) in [6, 6.07) is 21.0. The zero-order chi connectivity index (χ0) is 31.9.